The number of nitrogens with zero attached hydrogens (tertiary/aromatic N) is 1. The third kappa shape index (κ3) is 2.20. The minimum atomic E-state index is 0.536. The predicted molar refractivity (Wildman–Crippen MR) is 63.0 cm³/mol. The first kappa shape index (κ1) is 10.6. The SMILES string of the molecule is O=Cc1cnc(-c2ccc(Cl)cc2Cl)s1. The molecule has 0 spiro atoms. The van der Waals surface area contributed by atoms with Crippen molar-refractivity contribution in [2.45, 2.75) is 0 Å². The van der Waals surface area contributed by atoms with Crippen molar-refractivity contribution in [1.29, 1.82) is 0 Å². The molecule has 76 valence electrons. The van der Waals surface area contributed by atoms with Gasteiger partial charge in [0.2, 0.25) is 0 Å². The molecule has 0 aliphatic heterocycles. The van der Waals surface area contributed by atoms with E-state index in [4.69, 9.17) is 23.2 Å². The van der Waals surface area contributed by atoms with Crippen LogP contribution >= 0.6 is 34.5 Å². The Morgan fingerprint density at radius 2 is 2.13 bits per heavy atom. The second-order valence-electron chi connectivity index (χ2n) is 2.81. The molecule has 0 saturated carbocycles. The molecular weight excluding hydrogens is 253 g/mol. The molecule has 0 N–H and O–H groups in total. The lowest BCUT2D eigenvalue weighted by molar-refractivity contribution is 0.112. The highest BCUT2D eigenvalue weighted by molar-refractivity contribution is 7.16. The second-order valence-corrected chi connectivity index (χ2v) is 4.72. The van der Waals surface area contributed by atoms with Crippen molar-refractivity contribution in [1.82, 2.24) is 4.98 Å². The monoisotopic (exact) mass is 257 g/mol. The molecule has 0 atom stereocenters. The lowest BCUT2D eigenvalue weighted by Gasteiger charge is -1.99. The van der Waals surface area contributed by atoms with E-state index in [-0.39, 0.29) is 0 Å². The van der Waals surface area contributed by atoms with Gasteiger partial charge in [-0.1, -0.05) is 23.2 Å². The third-order valence-corrected chi connectivity index (χ3v) is 3.31. The highest BCUT2D eigenvalue weighted by Gasteiger charge is 2.08. The highest BCUT2D eigenvalue weighted by Crippen LogP contribution is 2.32. The number of benzene rings is 1. The topological polar surface area (TPSA) is 30.0 Å². The Morgan fingerprint density at radius 3 is 2.73 bits per heavy atom. The molecule has 1 heterocycles. The van der Waals surface area contributed by atoms with Gasteiger partial charge in [0.15, 0.2) is 6.29 Å². The summed E-state index contributed by atoms with van der Waals surface area (Å²) < 4.78 is 0. The lowest BCUT2D eigenvalue weighted by Crippen LogP contribution is -1.77. The van der Waals surface area contributed by atoms with Gasteiger partial charge in [-0.15, -0.1) is 11.3 Å². The molecule has 0 saturated heterocycles. The molecule has 0 bridgehead atoms. The van der Waals surface area contributed by atoms with Gasteiger partial charge in [-0.05, 0) is 18.2 Å². The summed E-state index contributed by atoms with van der Waals surface area (Å²) in [6.07, 6.45) is 2.29. The smallest absolute Gasteiger partial charge is 0.161 e. The zero-order chi connectivity index (χ0) is 10.8. The molecule has 2 aromatic rings. The summed E-state index contributed by atoms with van der Waals surface area (Å²) in [5.74, 6) is 0. The molecule has 5 heteroatoms. The number of carbonyl (C=O) groups is 1. The molecule has 1 aromatic heterocycles. The van der Waals surface area contributed by atoms with Crippen LogP contribution in [0.4, 0.5) is 0 Å². The number of thiazole rings is 1. The first-order valence-corrected chi connectivity index (χ1v) is 5.64. The van der Waals surface area contributed by atoms with Crippen molar-refractivity contribution in [3.05, 3.63) is 39.3 Å². The van der Waals surface area contributed by atoms with E-state index in [0.29, 0.717) is 14.9 Å². The van der Waals surface area contributed by atoms with Gasteiger partial charge in [-0.3, -0.25) is 4.79 Å². The van der Waals surface area contributed by atoms with Gasteiger partial charge >= 0.3 is 0 Å². The fourth-order valence-corrected chi connectivity index (χ4v) is 2.45. The minimum Gasteiger partial charge on any atom is -0.297 e. The Balaban J connectivity index is 2.49. The molecule has 2 nitrogen and oxygen atoms in total. The fourth-order valence-electron chi connectivity index (χ4n) is 1.13. The van der Waals surface area contributed by atoms with Gasteiger partial charge in [0.1, 0.15) is 5.01 Å². The Bertz CT molecular complexity index is 510. The average molecular weight is 258 g/mol. The van der Waals surface area contributed by atoms with Crippen molar-refractivity contribution in [3.63, 3.8) is 0 Å². The van der Waals surface area contributed by atoms with Gasteiger partial charge in [-0.2, -0.15) is 0 Å². The molecule has 2 rings (SSSR count). The van der Waals surface area contributed by atoms with E-state index in [1.54, 1.807) is 18.2 Å². The van der Waals surface area contributed by atoms with E-state index in [9.17, 15) is 4.79 Å². The molecule has 1 aromatic carbocycles. The summed E-state index contributed by atoms with van der Waals surface area (Å²) in [7, 11) is 0. The Morgan fingerprint density at radius 1 is 1.33 bits per heavy atom. The minimum absolute atomic E-state index is 0.536. The van der Waals surface area contributed by atoms with Crippen LogP contribution in [0.3, 0.4) is 0 Å². The Kier molecular flexibility index (Phi) is 3.05. The van der Waals surface area contributed by atoms with Crippen LogP contribution < -0.4 is 0 Å². The Hall–Kier alpha value is -0.900. The summed E-state index contributed by atoms with van der Waals surface area (Å²) in [5, 5.41) is 1.84. The van der Waals surface area contributed by atoms with E-state index in [2.05, 4.69) is 4.98 Å². The van der Waals surface area contributed by atoms with E-state index in [0.717, 1.165) is 16.9 Å². The van der Waals surface area contributed by atoms with Gasteiger partial charge in [0.25, 0.3) is 0 Å². The Labute approximate surface area is 100 Å². The number of rotatable bonds is 2. The third-order valence-electron chi connectivity index (χ3n) is 1.80. The van der Waals surface area contributed by atoms with Gasteiger partial charge in [0.05, 0.1) is 9.90 Å². The van der Waals surface area contributed by atoms with Crippen molar-refractivity contribution < 1.29 is 4.79 Å². The zero-order valence-electron chi connectivity index (χ0n) is 7.41. The first-order valence-electron chi connectivity index (χ1n) is 4.07. The molecule has 15 heavy (non-hydrogen) atoms. The summed E-state index contributed by atoms with van der Waals surface area (Å²) in [6, 6.07) is 5.18. The van der Waals surface area contributed by atoms with Gasteiger partial charge < -0.3 is 0 Å². The van der Waals surface area contributed by atoms with Crippen LogP contribution in [0.2, 0.25) is 10.0 Å². The average Bonchev–Trinajstić information content (AvgIpc) is 2.66. The number of carbonyl (C=O) groups excluding carboxylic acids is 1. The van der Waals surface area contributed by atoms with E-state index >= 15 is 0 Å². The van der Waals surface area contributed by atoms with Crippen molar-refractivity contribution in [3.8, 4) is 10.6 Å². The predicted octanol–water partition coefficient (Wildman–Crippen LogP) is 3.93. The highest BCUT2D eigenvalue weighted by atomic mass is 35.5. The lowest BCUT2D eigenvalue weighted by atomic mass is 10.2. The molecular formula is C10H5Cl2NOS. The normalized spacial score (nSPS) is 10.3. The maximum Gasteiger partial charge on any atom is 0.161 e. The molecule has 0 unspecified atom stereocenters. The fraction of sp³-hybridized carbons (Fsp3) is 0. The van der Waals surface area contributed by atoms with E-state index in [1.165, 1.54) is 17.5 Å². The van der Waals surface area contributed by atoms with Crippen LogP contribution in [-0.4, -0.2) is 11.3 Å². The molecule has 0 amide bonds. The quantitative estimate of drug-likeness (QED) is 0.764. The van der Waals surface area contributed by atoms with Crippen LogP contribution in [0.25, 0.3) is 10.6 Å². The maximum atomic E-state index is 10.5. The number of hydrogen-bond donors (Lipinski definition) is 0. The maximum absolute atomic E-state index is 10.5. The summed E-state index contributed by atoms with van der Waals surface area (Å²) in [6.45, 7) is 0. The number of aldehydes is 1. The van der Waals surface area contributed by atoms with Crippen molar-refractivity contribution in [2.24, 2.45) is 0 Å². The molecule has 0 aliphatic rings. The van der Waals surface area contributed by atoms with Crippen LogP contribution in [0.1, 0.15) is 9.67 Å². The molecule has 0 aliphatic carbocycles. The summed E-state index contributed by atoms with van der Waals surface area (Å²) in [5.41, 5.74) is 0.791. The van der Waals surface area contributed by atoms with Crippen LogP contribution in [0.5, 0.6) is 0 Å². The number of aromatic nitrogens is 1. The molecule has 0 fully saturated rings. The molecule has 0 radical (unpaired) electrons. The van der Waals surface area contributed by atoms with Crippen LogP contribution in [-0.2, 0) is 0 Å². The zero-order valence-corrected chi connectivity index (χ0v) is 9.73. The summed E-state index contributed by atoms with van der Waals surface area (Å²) in [4.78, 5) is 15.2. The first-order chi connectivity index (χ1) is 7.20. The van der Waals surface area contributed by atoms with Crippen molar-refractivity contribution >= 4 is 40.8 Å². The van der Waals surface area contributed by atoms with Crippen molar-refractivity contribution in [2.75, 3.05) is 0 Å². The van der Waals surface area contributed by atoms with Crippen LogP contribution in [0, 0.1) is 0 Å². The summed E-state index contributed by atoms with van der Waals surface area (Å²) >= 11 is 13.1. The van der Waals surface area contributed by atoms with E-state index < -0.39 is 0 Å². The van der Waals surface area contributed by atoms with E-state index in [1.807, 2.05) is 0 Å². The standard InChI is InChI=1S/C10H5Cl2NOS/c11-6-1-2-8(9(12)3-6)10-13-4-7(5-14)15-10/h1-5H. The second kappa shape index (κ2) is 4.31. The number of halogens is 2. The largest absolute Gasteiger partial charge is 0.297 e. The number of hydrogen-bond acceptors (Lipinski definition) is 3. The van der Waals surface area contributed by atoms with Crippen LogP contribution in [0.15, 0.2) is 24.4 Å². The van der Waals surface area contributed by atoms with Gasteiger partial charge in [-0.25, -0.2) is 4.98 Å². The van der Waals surface area contributed by atoms with Gasteiger partial charge in [0, 0.05) is 16.8 Å².